The lowest BCUT2D eigenvalue weighted by Gasteiger charge is -2.09. The third-order valence-electron chi connectivity index (χ3n) is 8.97. The van der Waals surface area contributed by atoms with Gasteiger partial charge in [-0.05, 0) is 57.6 Å². The van der Waals surface area contributed by atoms with Crippen LogP contribution in [-0.2, 0) is 0 Å². The summed E-state index contributed by atoms with van der Waals surface area (Å²) < 4.78 is 6.36. The topological polar surface area (TPSA) is 51.8 Å². The Hall–Kier alpha value is -6.65. The van der Waals surface area contributed by atoms with E-state index in [1.54, 1.807) is 0 Å². The maximum atomic E-state index is 6.36. The zero-order valence-electron chi connectivity index (χ0n) is 26.5. The molecule has 2 aromatic heterocycles. The van der Waals surface area contributed by atoms with Gasteiger partial charge in [-0.1, -0.05) is 152 Å². The molecule has 9 aromatic rings. The standard InChI is InChI=1S/C45H29N3O/c1-4-10-30(11-5-1)31-16-18-32(19-17-31)37-25-27-41-40(28-37)39-26-24-38(29-42(39)49-41)33-20-22-36(23-21-33)45-47-43(34-12-6-2-7-13-34)46-44(48-45)35-14-8-3-9-15-35/h1-29H. The van der Waals surface area contributed by atoms with Crippen LogP contribution in [0.1, 0.15) is 0 Å². The molecule has 2 heterocycles. The molecule has 9 rings (SSSR count). The second-order valence-electron chi connectivity index (χ2n) is 12.1. The fourth-order valence-electron chi connectivity index (χ4n) is 6.37. The average molecular weight is 628 g/mol. The Morgan fingerprint density at radius 3 is 1.16 bits per heavy atom. The van der Waals surface area contributed by atoms with Crippen LogP contribution in [0.15, 0.2) is 180 Å². The molecule has 0 saturated carbocycles. The number of benzene rings is 7. The predicted molar refractivity (Wildman–Crippen MR) is 200 cm³/mol. The molecule has 0 N–H and O–H groups in total. The molecule has 230 valence electrons. The summed E-state index contributed by atoms with van der Waals surface area (Å²) in [5.74, 6) is 1.94. The second-order valence-corrected chi connectivity index (χ2v) is 12.1. The van der Waals surface area contributed by atoms with Crippen molar-refractivity contribution in [3.63, 3.8) is 0 Å². The van der Waals surface area contributed by atoms with Crippen molar-refractivity contribution in [2.45, 2.75) is 0 Å². The minimum Gasteiger partial charge on any atom is -0.456 e. The van der Waals surface area contributed by atoms with Crippen LogP contribution in [0.3, 0.4) is 0 Å². The zero-order valence-corrected chi connectivity index (χ0v) is 26.5. The summed E-state index contributed by atoms with van der Waals surface area (Å²) in [5.41, 5.74) is 11.5. The molecule has 0 aliphatic heterocycles. The summed E-state index contributed by atoms with van der Waals surface area (Å²) in [5, 5.41) is 2.21. The van der Waals surface area contributed by atoms with Crippen molar-refractivity contribution in [3.8, 4) is 67.5 Å². The van der Waals surface area contributed by atoms with Crippen molar-refractivity contribution in [2.24, 2.45) is 0 Å². The minimum atomic E-state index is 0.637. The van der Waals surface area contributed by atoms with E-state index in [-0.39, 0.29) is 0 Å². The van der Waals surface area contributed by atoms with Gasteiger partial charge >= 0.3 is 0 Å². The van der Waals surface area contributed by atoms with Crippen molar-refractivity contribution in [1.29, 1.82) is 0 Å². The van der Waals surface area contributed by atoms with E-state index >= 15 is 0 Å². The van der Waals surface area contributed by atoms with Crippen molar-refractivity contribution in [3.05, 3.63) is 176 Å². The zero-order chi connectivity index (χ0) is 32.6. The Kier molecular flexibility index (Phi) is 7.10. The Morgan fingerprint density at radius 2 is 0.633 bits per heavy atom. The lowest BCUT2D eigenvalue weighted by Crippen LogP contribution is -2.00. The Balaban J connectivity index is 1.02. The SMILES string of the molecule is c1ccc(-c2ccc(-c3ccc4oc5cc(-c6ccc(-c7nc(-c8ccccc8)nc(-c8ccccc8)n7)cc6)ccc5c4c3)cc2)cc1. The van der Waals surface area contributed by atoms with Gasteiger partial charge in [-0.2, -0.15) is 0 Å². The highest BCUT2D eigenvalue weighted by atomic mass is 16.3. The van der Waals surface area contributed by atoms with Crippen LogP contribution in [-0.4, -0.2) is 15.0 Å². The van der Waals surface area contributed by atoms with E-state index in [0.717, 1.165) is 49.8 Å². The molecule has 0 aliphatic rings. The summed E-state index contributed by atoms with van der Waals surface area (Å²) in [6, 6.07) is 60.6. The molecule has 0 unspecified atom stereocenters. The van der Waals surface area contributed by atoms with E-state index < -0.39 is 0 Å². The van der Waals surface area contributed by atoms with Crippen LogP contribution in [0.5, 0.6) is 0 Å². The van der Waals surface area contributed by atoms with Crippen molar-refractivity contribution in [2.75, 3.05) is 0 Å². The van der Waals surface area contributed by atoms with E-state index in [0.29, 0.717) is 17.5 Å². The highest BCUT2D eigenvalue weighted by Crippen LogP contribution is 2.36. The summed E-state index contributed by atoms with van der Waals surface area (Å²) in [6.45, 7) is 0. The van der Waals surface area contributed by atoms with E-state index in [9.17, 15) is 0 Å². The molecule has 0 aliphatic carbocycles. The monoisotopic (exact) mass is 627 g/mol. The van der Waals surface area contributed by atoms with E-state index in [1.165, 1.54) is 22.3 Å². The van der Waals surface area contributed by atoms with Gasteiger partial charge in [-0.3, -0.25) is 0 Å². The molecule has 7 aromatic carbocycles. The molecular weight excluding hydrogens is 599 g/mol. The highest BCUT2D eigenvalue weighted by molar-refractivity contribution is 6.07. The summed E-state index contributed by atoms with van der Waals surface area (Å²) in [6.07, 6.45) is 0. The first-order valence-electron chi connectivity index (χ1n) is 16.4. The molecule has 0 saturated heterocycles. The van der Waals surface area contributed by atoms with Gasteiger partial charge in [0.15, 0.2) is 17.5 Å². The van der Waals surface area contributed by atoms with Gasteiger partial charge in [-0.15, -0.1) is 0 Å². The largest absolute Gasteiger partial charge is 0.456 e. The quantitative estimate of drug-likeness (QED) is 0.184. The van der Waals surface area contributed by atoms with Gasteiger partial charge in [0.1, 0.15) is 11.2 Å². The highest BCUT2D eigenvalue weighted by Gasteiger charge is 2.14. The fraction of sp³-hybridized carbons (Fsp3) is 0. The smallest absolute Gasteiger partial charge is 0.164 e. The van der Waals surface area contributed by atoms with Gasteiger partial charge in [0, 0.05) is 27.5 Å². The number of furan rings is 1. The first kappa shape index (κ1) is 28.6. The number of fused-ring (bicyclic) bond motifs is 3. The van der Waals surface area contributed by atoms with Crippen LogP contribution in [0.2, 0.25) is 0 Å². The molecule has 49 heavy (non-hydrogen) atoms. The Bertz CT molecular complexity index is 2500. The number of hydrogen-bond donors (Lipinski definition) is 0. The third kappa shape index (κ3) is 5.56. The summed E-state index contributed by atoms with van der Waals surface area (Å²) in [7, 11) is 0. The summed E-state index contributed by atoms with van der Waals surface area (Å²) in [4.78, 5) is 14.6. The van der Waals surface area contributed by atoms with Crippen molar-refractivity contribution < 1.29 is 4.42 Å². The van der Waals surface area contributed by atoms with E-state index in [1.807, 2.05) is 66.7 Å². The third-order valence-corrected chi connectivity index (χ3v) is 8.97. The Morgan fingerprint density at radius 1 is 0.265 bits per heavy atom. The van der Waals surface area contributed by atoms with E-state index in [4.69, 9.17) is 19.4 Å². The molecule has 0 atom stereocenters. The summed E-state index contributed by atoms with van der Waals surface area (Å²) >= 11 is 0. The molecule has 0 radical (unpaired) electrons. The van der Waals surface area contributed by atoms with Crippen molar-refractivity contribution in [1.82, 2.24) is 15.0 Å². The van der Waals surface area contributed by atoms with E-state index in [2.05, 4.69) is 109 Å². The number of aromatic nitrogens is 3. The van der Waals surface area contributed by atoms with Crippen LogP contribution in [0, 0.1) is 0 Å². The number of hydrogen-bond acceptors (Lipinski definition) is 4. The predicted octanol–water partition coefficient (Wildman–Crippen LogP) is 11.8. The molecular formula is C45H29N3O. The molecule has 0 spiro atoms. The van der Waals surface area contributed by atoms with Gasteiger partial charge in [0.05, 0.1) is 0 Å². The van der Waals surface area contributed by atoms with Gasteiger partial charge in [-0.25, -0.2) is 15.0 Å². The van der Waals surface area contributed by atoms with Crippen molar-refractivity contribution >= 4 is 21.9 Å². The molecule has 0 bridgehead atoms. The van der Waals surface area contributed by atoms with Gasteiger partial charge in [0.25, 0.3) is 0 Å². The second kappa shape index (κ2) is 12.2. The number of rotatable bonds is 6. The lowest BCUT2D eigenvalue weighted by atomic mass is 9.98. The molecule has 0 amide bonds. The molecule has 0 fully saturated rings. The van der Waals surface area contributed by atoms with Crippen LogP contribution in [0.4, 0.5) is 0 Å². The maximum Gasteiger partial charge on any atom is 0.164 e. The Labute approximate surface area is 284 Å². The van der Waals surface area contributed by atoms with Gasteiger partial charge < -0.3 is 4.42 Å². The van der Waals surface area contributed by atoms with Crippen LogP contribution in [0.25, 0.3) is 89.5 Å². The van der Waals surface area contributed by atoms with Crippen LogP contribution < -0.4 is 0 Å². The average Bonchev–Trinajstić information content (AvgIpc) is 3.56. The fourth-order valence-corrected chi connectivity index (χ4v) is 6.37. The molecule has 4 nitrogen and oxygen atoms in total. The maximum absolute atomic E-state index is 6.36. The van der Waals surface area contributed by atoms with Crippen LogP contribution >= 0.6 is 0 Å². The first-order chi connectivity index (χ1) is 24.2. The minimum absolute atomic E-state index is 0.637. The number of nitrogens with zero attached hydrogens (tertiary/aromatic N) is 3. The lowest BCUT2D eigenvalue weighted by molar-refractivity contribution is 0.669. The first-order valence-corrected chi connectivity index (χ1v) is 16.4. The normalized spacial score (nSPS) is 11.3. The van der Waals surface area contributed by atoms with Gasteiger partial charge in [0.2, 0.25) is 0 Å². The molecule has 4 heteroatoms.